The molecule has 0 saturated carbocycles. The van der Waals surface area contributed by atoms with E-state index in [1.54, 1.807) is 0 Å². The molecule has 3 heteroatoms. The van der Waals surface area contributed by atoms with Gasteiger partial charge in [0.2, 0.25) is 0 Å². The molecule has 0 nitrogen and oxygen atoms in total. The zero-order valence-electron chi connectivity index (χ0n) is 8.60. The van der Waals surface area contributed by atoms with Gasteiger partial charge in [0.05, 0.1) is 5.02 Å². The number of rotatable bonds is 1. The molecule has 2 rings (SSSR count). The minimum Gasteiger partial charge on any atom is -0.0837 e. The summed E-state index contributed by atoms with van der Waals surface area (Å²) in [6, 6.07) is 11.7. The van der Waals surface area contributed by atoms with Gasteiger partial charge in [0.15, 0.2) is 0 Å². The van der Waals surface area contributed by atoms with Crippen LogP contribution in [0.4, 0.5) is 0 Å². The summed E-state index contributed by atoms with van der Waals surface area (Å²) in [5.41, 5.74) is 3.22. The Bertz CT molecular complexity index is 515. The molecule has 0 aliphatic rings. The third kappa shape index (κ3) is 2.27. The van der Waals surface area contributed by atoms with E-state index in [9.17, 15) is 0 Å². The minimum atomic E-state index is 0.691. The van der Waals surface area contributed by atoms with E-state index >= 15 is 0 Å². The quantitative estimate of drug-likeness (QED) is 0.630. The first-order valence-electron chi connectivity index (χ1n) is 4.80. The van der Waals surface area contributed by atoms with Crippen molar-refractivity contribution < 1.29 is 0 Å². The van der Waals surface area contributed by atoms with Gasteiger partial charge >= 0.3 is 0 Å². The van der Waals surface area contributed by atoms with Crippen LogP contribution in [-0.2, 0) is 0 Å². The molecule has 0 spiro atoms. The van der Waals surface area contributed by atoms with Crippen molar-refractivity contribution in [2.24, 2.45) is 0 Å². The lowest BCUT2D eigenvalue weighted by atomic mass is 10.0. The molecule has 0 aromatic heterocycles. The molecule has 0 atom stereocenters. The molecule has 0 amide bonds. The van der Waals surface area contributed by atoms with Crippen molar-refractivity contribution >= 4 is 39.1 Å². The van der Waals surface area contributed by atoms with Crippen molar-refractivity contribution in [3.63, 3.8) is 0 Å². The fourth-order valence-electron chi connectivity index (χ4n) is 1.65. The van der Waals surface area contributed by atoms with Crippen LogP contribution in [0.25, 0.3) is 11.1 Å². The van der Waals surface area contributed by atoms with Gasteiger partial charge in [0, 0.05) is 15.1 Å². The second kappa shape index (κ2) is 4.79. The highest BCUT2D eigenvalue weighted by Crippen LogP contribution is 2.34. The van der Waals surface area contributed by atoms with Crippen molar-refractivity contribution in [2.45, 2.75) is 6.92 Å². The van der Waals surface area contributed by atoms with Crippen LogP contribution < -0.4 is 0 Å². The van der Waals surface area contributed by atoms with Crippen molar-refractivity contribution in [1.29, 1.82) is 0 Å². The Morgan fingerprint density at radius 1 is 1.00 bits per heavy atom. The Morgan fingerprint density at radius 2 is 1.75 bits per heavy atom. The van der Waals surface area contributed by atoms with Crippen LogP contribution in [0.15, 0.2) is 40.9 Å². The maximum absolute atomic E-state index is 6.20. The van der Waals surface area contributed by atoms with E-state index < -0.39 is 0 Å². The molecule has 0 bridgehead atoms. The van der Waals surface area contributed by atoms with Gasteiger partial charge < -0.3 is 0 Å². The third-order valence-electron chi connectivity index (χ3n) is 2.43. The molecule has 0 heterocycles. The molecule has 0 unspecified atom stereocenters. The van der Waals surface area contributed by atoms with Gasteiger partial charge in [-0.2, -0.15) is 0 Å². The van der Waals surface area contributed by atoms with Gasteiger partial charge in [0.25, 0.3) is 0 Å². The maximum atomic E-state index is 6.20. The van der Waals surface area contributed by atoms with Crippen LogP contribution in [-0.4, -0.2) is 0 Å². The van der Waals surface area contributed by atoms with E-state index in [1.807, 2.05) is 43.3 Å². The number of hydrogen-bond donors (Lipinski definition) is 0. The third-order valence-corrected chi connectivity index (χ3v) is 3.98. The van der Waals surface area contributed by atoms with Crippen molar-refractivity contribution in [2.75, 3.05) is 0 Å². The molecule has 0 radical (unpaired) electrons. The van der Waals surface area contributed by atoms with Gasteiger partial charge in [-0.3, -0.25) is 0 Å². The highest BCUT2D eigenvalue weighted by molar-refractivity contribution is 9.10. The van der Waals surface area contributed by atoms with Gasteiger partial charge in [-0.05, 0) is 52.2 Å². The fourth-order valence-corrected chi connectivity index (χ4v) is 2.41. The monoisotopic (exact) mass is 314 g/mol. The zero-order valence-corrected chi connectivity index (χ0v) is 11.7. The van der Waals surface area contributed by atoms with Crippen LogP contribution >= 0.6 is 39.1 Å². The van der Waals surface area contributed by atoms with E-state index in [-0.39, 0.29) is 0 Å². The SMILES string of the molecule is Cc1cccc(Cl)c1-c1ccc(Br)c(Cl)c1. The number of halogens is 3. The lowest BCUT2D eigenvalue weighted by Crippen LogP contribution is -1.85. The second-order valence-corrected chi connectivity index (χ2v) is 5.23. The molecule has 16 heavy (non-hydrogen) atoms. The Labute approximate surface area is 113 Å². The predicted molar refractivity (Wildman–Crippen MR) is 74.3 cm³/mol. The first kappa shape index (κ1) is 12.0. The molecule has 2 aromatic rings. The molecule has 2 aromatic carbocycles. The Morgan fingerprint density at radius 3 is 2.38 bits per heavy atom. The van der Waals surface area contributed by atoms with Gasteiger partial charge in [-0.25, -0.2) is 0 Å². The summed E-state index contributed by atoms with van der Waals surface area (Å²) in [4.78, 5) is 0. The fraction of sp³-hybridized carbons (Fsp3) is 0.0769. The summed E-state index contributed by atoms with van der Waals surface area (Å²) < 4.78 is 0.891. The smallest absolute Gasteiger partial charge is 0.0554 e. The minimum absolute atomic E-state index is 0.691. The summed E-state index contributed by atoms with van der Waals surface area (Å²) in [5, 5.41) is 1.44. The van der Waals surface area contributed by atoms with E-state index in [0.29, 0.717) is 5.02 Å². The van der Waals surface area contributed by atoms with Crippen molar-refractivity contribution in [1.82, 2.24) is 0 Å². The molecule has 0 saturated heterocycles. The lowest BCUT2D eigenvalue weighted by Gasteiger charge is -2.09. The second-order valence-electron chi connectivity index (χ2n) is 3.56. The molecule has 0 fully saturated rings. The summed E-state index contributed by atoms with van der Waals surface area (Å²) >= 11 is 15.7. The van der Waals surface area contributed by atoms with Gasteiger partial charge in [0.1, 0.15) is 0 Å². The average Bonchev–Trinajstić information content (AvgIpc) is 2.23. The van der Waals surface area contributed by atoms with Crippen LogP contribution in [0, 0.1) is 6.92 Å². The number of benzene rings is 2. The highest BCUT2D eigenvalue weighted by atomic mass is 79.9. The molecule has 82 valence electrons. The average molecular weight is 316 g/mol. The van der Waals surface area contributed by atoms with E-state index in [4.69, 9.17) is 23.2 Å². The summed E-state index contributed by atoms with van der Waals surface area (Å²) in [6.45, 7) is 2.04. The number of aryl methyl sites for hydroxylation is 1. The largest absolute Gasteiger partial charge is 0.0837 e. The van der Waals surface area contributed by atoms with Crippen LogP contribution in [0.2, 0.25) is 10.0 Å². The predicted octanol–water partition coefficient (Wildman–Crippen LogP) is 5.73. The van der Waals surface area contributed by atoms with E-state index in [2.05, 4.69) is 15.9 Å². The van der Waals surface area contributed by atoms with Crippen LogP contribution in [0.5, 0.6) is 0 Å². The summed E-state index contributed by atoms with van der Waals surface area (Å²) in [6.07, 6.45) is 0. The van der Waals surface area contributed by atoms with Crippen molar-refractivity contribution in [3.05, 3.63) is 56.5 Å². The molecule has 0 N–H and O–H groups in total. The first-order chi connectivity index (χ1) is 7.59. The highest BCUT2D eigenvalue weighted by Gasteiger charge is 2.08. The van der Waals surface area contributed by atoms with Gasteiger partial charge in [-0.1, -0.05) is 41.4 Å². The molecular weight excluding hydrogens is 307 g/mol. The Kier molecular flexibility index (Phi) is 3.58. The number of hydrogen-bond acceptors (Lipinski definition) is 0. The Hall–Kier alpha value is -0.500. The van der Waals surface area contributed by atoms with Crippen molar-refractivity contribution in [3.8, 4) is 11.1 Å². The first-order valence-corrected chi connectivity index (χ1v) is 6.35. The molecular formula is C13H9BrCl2. The topological polar surface area (TPSA) is 0 Å². The summed E-state index contributed by atoms with van der Waals surface area (Å²) in [5.74, 6) is 0. The standard InChI is InChI=1S/C13H9BrCl2/c1-8-3-2-4-11(15)13(8)9-5-6-10(14)12(16)7-9/h2-7H,1H3. The summed E-state index contributed by atoms with van der Waals surface area (Å²) in [7, 11) is 0. The van der Waals surface area contributed by atoms with Gasteiger partial charge in [-0.15, -0.1) is 0 Å². The van der Waals surface area contributed by atoms with E-state index in [0.717, 1.165) is 26.2 Å². The molecule has 0 aliphatic carbocycles. The Balaban J connectivity index is 2.63. The lowest BCUT2D eigenvalue weighted by molar-refractivity contribution is 1.45. The van der Waals surface area contributed by atoms with Crippen LogP contribution in [0.1, 0.15) is 5.56 Å². The van der Waals surface area contributed by atoms with E-state index in [1.165, 1.54) is 0 Å². The zero-order chi connectivity index (χ0) is 11.7. The van der Waals surface area contributed by atoms with Crippen LogP contribution in [0.3, 0.4) is 0 Å². The normalized spacial score (nSPS) is 10.5. The maximum Gasteiger partial charge on any atom is 0.0554 e. The molecule has 0 aliphatic heterocycles.